The van der Waals surface area contributed by atoms with E-state index in [1.165, 1.54) is 0 Å². The van der Waals surface area contributed by atoms with Gasteiger partial charge in [-0.25, -0.2) is 0 Å². The average Bonchev–Trinajstić information content (AvgIpc) is 2.68. The monoisotopic (exact) mass is 359 g/mol. The number of carbonyl (C=O) groups excluding carboxylic acids is 2. The highest BCUT2D eigenvalue weighted by Crippen LogP contribution is 2.31. The Kier molecular flexibility index (Phi) is 6.14. The Morgan fingerprint density at radius 3 is 2.35 bits per heavy atom. The summed E-state index contributed by atoms with van der Waals surface area (Å²) < 4.78 is 5.19. The molecule has 1 aliphatic carbocycles. The quantitative estimate of drug-likeness (QED) is 0.895. The van der Waals surface area contributed by atoms with E-state index in [0.717, 1.165) is 63.3 Å². The lowest BCUT2D eigenvalue weighted by Gasteiger charge is -2.36. The van der Waals surface area contributed by atoms with E-state index in [2.05, 4.69) is 17.3 Å². The van der Waals surface area contributed by atoms with Crippen LogP contribution in [0.4, 0.5) is 5.69 Å². The normalized spacial score (nSPS) is 24.2. The van der Waals surface area contributed by atoms with E-state index in [1.807, 2.05) is 29.2 Å². The van der Waals surface area contributed by atoms with Crippen molar-refractivity contribution in [1.29, 1.82) is 0 Å². The van der Waals surface area contributed by atoms with Crippen molar-refractivity contribution in [3.8, 4) is 5.75 Å². The van der Waals surface area contributed by atoms with Crippen molar-refractivity contribution in [2.75, 3.05) is 45.7 Å². The number of likely N-dealkylation sites (N-methyl/N-ethyl adjacent to an activating group) is 1. The first-order valence-electron chi connectivity index (χ1n) is 9.49. The number of anilines is 1. The van der Waals surface area contributed by atoms with Gasteiger partial charge in [-0.3, -0.25) is 9.59 Å². The molecule has 1 N–H and O–H groups in total. The molecule has 3 rings (SSSR count). The van der Waals surface area contributed by atoms with Crippen molar-refractivity contribution in [2.45, 2.75) is 25.7 Å². The highest BCUT2D eigenvalue weighted by Gasteiger charge is 2.33. The zero-order valence-electron chi connectivity index (χ0n) is 15.7. The third kappa shape index (κ3) is 4.55. The molecule has 1 saturated carbocycles. The number of nitrogens with one attached hydrogen (secondary N) is 1. The molecular formula is C20H29N3O3. The van der Waals surface area contributed by atoms with Crippen molar-refractivity contribution in [3.63, 3.8) is 0 Å². The summed E-state index contributed by atoms with van der Waals surface area (Å²) in [5, 5.41) is 2.98. The van der Waals surface area contributed by atoms with Crippen molar-refractivity contribution in [3.05, 3.63) is 24.3 Å². The van der Waals surface area contributed by atoms with E-state index >= 15 is 0 Å². The molecule has 1 aromatic carbocycles. The Morgan fingerprint density at radius 2 is 1.69 bits per heavy atom. The van der Waals surface area contributed by atoms with Crippen molar-refractivity contribution < 1.29 is 14.3 Å². The van der Waals surface area contributed by atoms with Gasteiger partial charge in [0, 0.05) is 49.8 Å². The van der Waals surface area contributed by atoms with E-state index < -0.39 is 0 Å². The lowest BCUT2D eigenvalue weighted by atomic mass is 9.80. The van der Waals surface area contributed by atoms with Crippen LogP contribution >= 0.6 is 0 Å². The SMILES string of the molecule is COc1cccc(NC(=O)C2CCC(C(=O)N3CCN(C)CC3)CC2)c1. The van der Waals surface area contributed by atoms with Gasteiger partial charge < -0.3 is 19.9 Å². The van der Waals surface area contributed by atoms with Crippen LogP contribution in [0.2, 0.25) is 0 Å². The van der Waals surface area contributed by atoms with Gasteiger partial charge in [-0.15, -0.1) is 0 Å². The van der Waals surface area contributed by atoms with Gasteiger partial charge in [-0.2, -0.15) is 0 Å². The van der Waals surface area contributed by atoms with E-state index in [9.17, 15) is 9.59 Å². The molecule has 0 bridgehead atoms. The number of hydrogen-bond donors (Lipinski definition) is 1. The summed E-state index contributed by atoms with van der Waals surface area (Å²) in [6.07, 6.45) is 3.17. The van der Waals surface area contributed by atoms with Crippen molar-refractivity contribution in [2.24, 2.45) is 11.8 Å². The Balaban J connectivity index is 1.48. The number of rotatable bonds is 4. The maximum absolute atomic E-state index is 12.7. The minimum absolute atomic E-state index is 0.0160. The fourth-order valence-electron chi connectivity index (χ4n) is 3.83. The number of piperazine rings is 1. The number of amides is 2. The van der Waals surface area contributed by atoms with Gasteiger partial charge in [-0.1, -0.05) is 6.07 Å². The number of ether oxygens (including phenoxy) is 1. The Bertz CT molecular complexity index is 633. The Labute approximate surface area is 155 Å². The second-order valence-electron chi connectivity index (χ2n) is 7.40. The fourth-order valence-corrected chi connectivity index (χ4v) is 3.83. The molecule has 1 aromatic rings. The van der Waals surface area contributed by atoms with Crippen LogP contribution in [0.3, 0.4) is 0 Å². The first kappa shape index (κ1) is 18.7. The number of carbonyl (C=O) groups is 2. The average molecular weight is 359 g/mol. The van der Waals surface area contributed by atoms with Crippen LogP contribution in [0.25, 0.3) is 0 Å². The maximum atomic E-state index is 12.7. The molecule has 1 aliphatic heterocycles. The van der Waals surface area contributed by atoms with Crippen LogP contribution in [-0.2, 0) is 9.59 Å². The number of benzene rings is 1. The molecule has 0 aromatic heterocycles. The van der Waals surface area contributed by atoms with E-state index in [0.29, 0.717) is 0 Å². The van der Waals surface area contributed by atoms with Gasteiger partial charge in [0.1, 0.15) is 5.75 Å². The summed E-state index contributed by atoms with van der Waals surface area (Å²) in [6, 6.07) is 7.40. The summed E-state index contributed by atoms with van der Waals surface area (Å²) in [5.41, 5.74) is 0.755. The second kappa shape index (κ2) is 8.54. The van der Waals surface area contributed by atoms with E-state index in [4.69, 9.17) is 4.74 Å². The van der Waals surface area contributed by atoms with Gasteiger partial charge in [0.25, 0.3) is 0 Å². The zero-order chi connectivity index (χ0) is 18.5. The molecule has 1 heterocycles. The molecule has 0 atom stereocenters. The minimum Gasteiger partial charge on any atom is -0.497 e. The molecule has 2 amide bonds. The lowest BCUT2D eigenvalue weighted by Crippen LogP contribution is -2.49. The third-order valence-corrected chi connectivity index (χ3v) is 5.60. The molecule has 2 fully saturated rings. The molecule has 0 spiro atoms. The van der Waals surface area contributed by atoms with E-state index in [1.54, 1.807) is 7.11 Å². The first-order chi connectivity index (χ1) is 12.6. The van der Waals surface area contributed by atoms with Crippen LogP contribution in [-0.4, -0.2) is 62.0 Å². The molecule has 0 radical (unpaired) electrons. The lowest BCUT2D eigenvalue weighted by molar-refractivity contribution is -0.139. The molecule has 2 aliphatic rings. The zero-order valence-corrected chi connectivity index (χ0v) is 15.7. The Hall–Kier alpha value is -2.08. The first-order valence-corrected chi connectivity index (χ1v) is 9.49. The third-order valence-electron chi connectivity index (χ3n) is 5.60. The summed E-state index contributed by atoms with van der Waals surface area (Å²) in [5.74, 6) is 1.12. The molecule has 26 heavy (non-hydrogen) atoms. The van der Waals surface area contributed by atoms with Crippen LogP contribution in [0.5, 0.6) is 5.75 Å². The largest absolute Gasteiger partial charge is 0.497 e. The number of methoxy groups -OCH3 is 1. The van der Waals surface area contributed by atoms with Gasteiger partial charge in [0.2, 0.25) is 11.8 Å². The Morgan fingerprint density at radius 1 is 1.04 bits per heavy atom. The predicted octanol–water partition coefficient (Wildman–Crippen LogP) is 2.21. The molecule has 6 heteroatoms. The smallest absolute Gasteiger partial charge is 0.227 e. The van der Waals surface area contributed by atoms with Crippen molar-refractivity contribution >= 4 is 17.5 Å². The molecular weight excluding hydrogens is 330 g/mol. The number of hydrogen-bond acceptors (Lipinski definition) is 4. The van der Waals surface area contributed by atoms with Crippen LogP contribution < -0.4 is 10.1 Å². The summed E-state index contributed by atoms with van der Waals surface area (Å²) in [7, 11) is 3.70. The molecule has 142 valence electrons. The van der Waals surface area contributed by atoms with Crippen LogP contribution in [0.1, 0.15) is 25.7 Å². The van der Waals surface area contributed by atoms with Crippen molar-refractivity contribution in [1.82, 2.24) is 9.80 Å². The van der Waals surface area contributed by atoms with Crippen LogP contribution in [0.15, 0.2) is 24.3 Å². The van der Waals surface area contributed by atoms with Gasteiger partial charge in [0.05, 0.1) is 7.11 Å². The molecule has 0 unspecified atom stereocenters. The highest BCUT2D eigenvalue weighted by molar-refractivity contribution is 5.93. The summed E-state index contributed by atoms with van der Waals surface area (Å²) >= 11 is 0. The standard InChI is InChI=1S/C20H29N3O3/c1-22-10-12-23(13-11-22)20(25)16-8-6-15(7-9-16)19(24)21-17-4-3-5-18(14-17)26-2/h3-5,14-16H,6-13H2,1-2H3,(H,21,24). The number of nitrogens with zero attached hydrogens (tertiary/aromatic N) is 2. The summed E-state index contributed by atoms with van der Waals surface area (Å²) in [6.45, 7) is 3.55. The van der Waals surface area contributed by atoms with Gasteiger partial charge in [0.15, 0.2) is 0 Å². The van der Waals surface area contributed by atoms with Crippen LogP contribution in [0, 0.1) is 11.8 Å². The molecule has 1 saturated heterocycles. The van der Waals surface area contributed by atoms with E-state index in [-0.39, 0.29) is 23.7 Å². The van der Waals surface area contributed by atoms with Gasteiger partial charge >= 0.3 is 0 Å². The fraction of sp³-hybridized carbons (Fsp3) is 0.600. The van der Waals surface area contributed by atoms with Gasteiger partial charge in [-0.05, 0) is 44.9 Å². The minimum atomic E-state index is -0.0160. The topological polar surface area (TPSA) is 61.9 Å². The summed E-state index contributed by atoms with van der Waals surface area (Å²) in [4.78, 5) is 29.5. The predicted molar refractivity (Wildman–Crippen MR) is 101 cm³/mol. The highest BCUT2D eigenvalue weighted by atomic mass is 16.5. The second-order valence-corrected chi connectivity index (χ2v) is 7.40. The molecule has 6 nitrogen and oxygen atoms in total. The maximum Gasteiger partial charge on any atom is 0.227 e.